The summed E-state index contributed by atoms with van der Waals surface area (Å²) in [6, 6.07) is 14.7. The largest absolute Gasteiger partial charge is 0.496 e. The van der Waals surface area contributed by atoms with E-state index < -0.39 is 53.6 Å². The van der Waals surface area contributed by atoms with Crippen molar-refractivity contribution in [2.24, 2.45) is 11.8 Å². The molecule has 0 spiro atoms. The third-order valence-electron chi connectivity index (χ3n) is 6.21. The Hall–Kier alpha value is -3.72. The zero-order valence-electron chi connectivity index (χ0n) is 17.2. The Bertz CT molecular complexity index is 1090. The van der Waals surface area contributed by atoms with Crippen molar-refractivity contribution in [3.05, 3.63) is 65.7 Å². The molecule has 3 N–H and O–H groups in total. The summed E-state index contributed by atoms with van der Waals surface area (Å²) in [4.78, 5) is 52.0. The van der Waals surface area contributed by atoms with Gasteiger partial charge in [0.15, 0.2) is 0 Å². The zero-order valence-corrected chi connectivity index (χ0v) is 17.2. The summed E-state index contributed by atoms with van der Waals surface area (Å²) in [5, 5.41) is 22.4. The zero-order chi connectivity index (χ0) is 23.0. The molecule has 2 amide bonds. The third-order valence-corrected chi connectivity index (χ3v) is 6.21. The molecule has 2 aliphatic heterocycles. The van der Waals surface area contributed by atoms with Gasteiger partial charge in [-0.15, -0.1) is 0 Å². The Balaban J connectivity index is 1.83. The molecule has 4 unspecified atom stereocenters. The van der Waals surface area contributed by atoms with Gasteiger partial charge in [0.2, 0.25) is 11.8 Å². The van der Waals surface area contributed by atoms with Crippen molar-refractivity contribution in [3.8, 4) is 5.75 Å². The summed E-state index contributed by atoms with van der Waals surface area (Å²) in [5.74, 6) is -6.17. The number of likely N-dealkylation sites (tertiary alicyclic amines) is 1. The average Bonchev–Trinajstić information content (AvgIpc) is 3.24. The van der Waals surface area contributed by atoms with Crippen LogP contribution < -0.4 is 10.1 Å². The summed E-state index contributed by atoms with van der Waals surface area (Å²) in [7, 11) is 1.44. The fourth-order valence-corrected chi connectivity index (χ4v) is 4.85. The molecule has 9 nitrogen and oxygen atoms in total. The van der Waals surface area contributed by atoms with Crippen LogP contribution in [0.3, 0.4) is 0 Å². The maximum atomic E-state index is 13.5. The highest BCUT2D eigenvalue weighted by Gasteiger charge is 2.69. The van der Waals surface area contributed by atoms with Gasteiger partial charge >= 0.3 is 11.9 Å². The first-order chi connectivity index (χ1) is 15.3. The van der Waals surface area contributed by atoms with Gasteiger partial charge in [-0.05, 0) is 11.6 Å². The molecule has 0 aliphatic carbocycles. The fourth-order valence-electron chi connectivity index (χ4n) is 4.85. The van der Waals surface area contributed by atoms with Gasteiger partial charge in [0, 0.05) is 11.6 Å². The first-order valence-electron chi connectivity index (χ1n) is 10.0. The van der Waals surface area contributed by atoms with Crippen LogP contribution in [0.25, 0.3) is 0 Å². The van der Waals surface area contributed by atoms with Crippen LogP contribution in [-0.2, 0) is 25.7 Å². The molecular formula is C23H22N2O7. The molecule has 0 aromatic heterocycles. The number of hydrogen-bond acceptors (Lipinski definition) is 6. The van der Waals surface area contributed by atoms with Gasteiger partial charge in [-0.3, -0.25) is 29.4 Å². The van der Waals surface area contributed by atoms with Gasteiger partial charge in [0.05, 0.1) is 31.9 Å². The number of fused-ring (bicyclic) bond motifs is 1. The standard InChI is InChI=1S/C23H22N2O7/c1-32-15-10-6-5-9-14(15)19-17-18(23(24-19,22(30)31)11-16(26)27)21(29)25(20(17)28)12-13-7-3-2-4-8-13/h2-10,17-19,24H,11-12H2,1H3,(H,26,27)(H,30,31). The van der Waals surface area contributed by atoms with Gasteiger partial charge < -0.3 is 14.9 Å². The number of carboxylic acid groups (broad SMARTS) is 2. The molecule has 32 heavy (non-hydrogen) atoms. The van der Waals surface area contributed by atoms with Gasteiger partial charge in [0.25, 0.3) is 0 Å². The number of imide groups is 1. The molecule has 2 aliphatic rings. The van der Waals surface area contributed by atoms with Crippen LogP contribution in [-0.4, -0.2) is 51.5 Å². The fraction of sp³-hybridized carbons (Fsp3) is 0.304. The van der Waals surface area contributed by atoms with E-state index in [0.717, 1.165) is 4.90 Å². The molecule has 0 saturated carbocycles. The van der Waals surface area contributed by atoms with E-state index in [0.29, 0.717) is 16.9 Å². The SMILES string of the molecule is COc1ccccc1C1NC(CC(=O)O)(C(=O)O)C2C(=O)N(Cc3ccccc3)C(=O)C12. The van der Waals surface area contributed by atoms with Crippen molar-refractivity contribution in [2.75, 3.05) is 7.11 Å². The first kappa shape index (κ1) is 21.5. The number of nitrogens with one attached hydrogen (secondary N) is 1. The number of hydrogen-bond donors (Lipinski definition) is 3. The Morgan fingerprint density at radius 2 is 1.69 bits per heavy atom. The molecule has 0 radical (unpaired) electrons. The van der Waals surface area contributed by atoms with E-state index in [-0.39, 0.29) is 6.54 Å². The van der Waals surface area contributed by atoms with Crippen LogP contribution in [0, 0.1) is 11.8 Å². The summed E-state index contributed by atoms with van der Waals surface area (Å²) < 4.78 is 5.39. The van der Waals surface area contributed by atoms with E-state index >= 15 is 0 Å². The number of methoxy groups -OCH3 is 1. The molecule has 4 atom stereocenters. The maximum Gasteiger partial charge on any atom is 0.325 e. The minimum atomic E-state index is -2.14. The van der Waals surface area contributed by atoms with Gasteiger partial charge in [0.1, 0.15) is 11.3 Å². The van der Waals surface area contributed by atoms with Crippen molar-refractivity contribution in [2.45, 2.75) is 24.5 Å². The first-order valence-corrected chi connectivity index (χ1v) is 10.0. The van der Waals surface area contributed by atoms with Crippen molar-refractivity contribution in [1.29, 1.82) is 0 Å². The molecule has 9 heteroatoms. The van der Waals surface area contributed by atoms with E-state index in [2.05, 4.69) is 5.32 Å². The number of carboxylic acids is 2. The van der Waals surface area contributed by atoms with Crippen molar-refractivity contribution in [1.82, 2.24) is 10.2 Å². The lowest BCUT2D eigenvalue weighted by molar-refractivity contribution is -0.156. The molecule has 2 heterocycles. The van der Waals surface area contributed by atoms with Gasteiger partial charge in [-0.2, -0.15) is 0 Å². The predicted octanol–water partition coefficient (Wildman–Crippen LogP) is 1.44. The summed E-state index contributed by atoms with van der Waals surface area (Å²) in [5.41, 5.74) is -0.948. The number of para-hydroxylation sites is 1. The van der Waals surface area contributed by atoms with Crippen LogP contribution in [0.5, 0.6) is 5.75 Å². The van der Waals surface area contributed by atoms with Crippen LogP contribution in [0.2, 0.25) is 0 Å². The third kappa shape index (κ3) is 3.31. The van der Waals surface area contributed by atoms with Gasteiger partial charge in [-0.25, -0.2) is 0 Å². The number of carbonyl (C=O) groups is 4. The van der Waals surface area contributed by atoms with Crippen molar-refractivity contribution >= 4 is 23.8 Å². The summed E-state index contributed by atoms with van der Waals surface area (Å²) in [6.07, 6.45) is -0.854. The van der Waals surface area contributed by atoms with Crippen molar-refractivity contribution in [3.63, 3.8) is 0 Å². The second-order valence-electron chi connectivity index (χ2n) is 7.96. The topological polar surface area (TPSA) is 133 Å². The number of benzene rings is 2. The number of aliphatic carboxylic acids is 2. The molecule has 0 bridgehead atoms. The van der Waals surface area contributed by atoms with Gasteiger partial charge in [-0.1, -0.05) is 48.5 Å². The lowest BCUT2D eigenvalue weighted by atomic mass is 9.77. The Labute approximate surface area is 183 Å². The highest BCUT2D eigenvalue weighted by Crippen LogP contribution is 2.51. The second kappa shape index (κ2) is 8.08. The van der Waals surface area contributed by atoms with Crippen LogP contribution in [0.4, 0.5) is 0 Å². The Kier molecular flexibility index (Phi) is 5.43. The van der Waals surface area contributed by atoms with Crippen LogP contribution in [0.15, 0.2) is 54.6 Å². The molecular weight excluding hydrogens is 416 g/mol. The minimum Gasteiger partial charge on any atom is -0.496 e. The number of ether oxygens (including phenoxy) is 1. The Morgan fingerprint density at radius 1 is 1.03 bits per heavy atom. The molecule has 2 saturated heterocycles. The number of nitrogens with zero attached hydrogens (tertiary/aromatic N) is 1. The lowest BCUT2D eigenvalue weighted by Crippen LogP contribution is -2.56. The normalized spacial score (nSPS) is 26.8. The molecule has 2 aromatic rings. The average molecular weight is 438 g/mol. The number of carbonyl (C=O) groups excluding carboxylic acids is 2. The molecule has 2 aromatic carbocycles. The summed E-state index contributed by atoms with van der Waals surface area (Å²) >= 11 is 0. The van der Waals surface area contributed by atoms with E-state index in [1.165, 1.54) is 7.11 Å². The summed E-state index contributed by atoms with van der Waals surface area (Å²) in [6.45, 7) is -0.0209. The monoisotopic (exact) mass is 438 g/mol. The van der Waals surface area contributed by atoms with E-state index in [4.69, 9.17) is 4.74 Å². The lowest BCUT2D eigenvalue weighted by Gasteiger charge is -2.30. The minimum absolute atomic E-state index is 0.0209. The quantitative estimate of drug-likeness (QED) is 0.553. The van der Waals surface area contributed by atoms with Crippen molar-refractivity contribution < 1.29 is 34.1 Å². The predicted molar refractivity (Wildman–Crippen MR) is 110 cm³/mol. The molecule has 4 rings (SSSR count). The van der Waals surface area contributed by atoms with E-state index in [1.54, 1.807) is 54.6 Å². The number of rotatable bonds is 7. The van der Waals surface area contributed by atoms with Crippen LogP contribution in [0.1, 0.15) is 23.6 Å². The second-order valence-corrected chi connectivity index (χ2v) is 7.96. The van der Waals surface area contributed by atoms with E-state index in [1.807, 2.05) is 0 Å². The molecule has 2 fully saturated rings. The maximum absolute atomic E-state index is 13.5. The van der Waals surface area contributed by atoms with Crippen LogP contribution >= 0.6 is 0 Å². The smallest absolute Gasteiger partial charge is 0.325 e. The molecule has 166 valence electrons. The highest BCUT2D eigenvalue weighted by atomic mass is 16.5. The van der Waals surface area contributed by atoms with E-state index in [9.17, 15) is 29.4 Å². The highest BCUT2D eigenvalue weighted by molar-refractivity contribution is 6.10. The number of amides is 2. The Morgan fingerprint density at radius 3 is 2.31 bits per heavy atom.